The Morgan fingerprint density at radius 1 is 1.14 bits per heavy atom. The van der Waals surface area contributed by atoms with E-state index in [-0.39, 0.29) is 0 Å². The molecule has 0 saturated heterocycles. The van der Waals surface area contributed by atoms with Crippen LogP contribution in [0.25, 0.3) is 22.3 Å². The van der Waals surface area contributed by atoms with E-state index in [4.69, 9.17) is 5.73 Å². The quantitative estimate of drug-likeness (QED) is 0.749. The van der Waals surface area contributed by atoms with E-state index >= 15 is 0 Å². The number of anilines is 1. The molecule has 2 aromatic heterocycles. The fraction of sp³-hybridized carbons (Fsp3) is 0.214. The first-order valence-electron chi connectivity index (χ1n) is 6.23. The molecular formula is C14H13F3N4. The minimum Gasteiger partial charge on any atom is -0.396 e. The van der Waals surface area contributed by atoms with Crippen LogP contribution >= 0.6 is 0 Å². The number of hydrogen-bond acceptors (Lipinski definition) is 2. The maximum Gasteiger partial charge on any atom is 0.416 e. The van der Waals surface area contributed by atoms with Crippen LogP contribution in [-0.4, -0.2) is 14.3 Å². The first kappa shape index (κ1) is 13.5. The molecule has 0 aliphatic carbocycles. The number of aromatic nitrogens is 3. The summed E-state index contributed by atoms with van der Waals surface area (Å²) in [6.07, 6.45) is -2.83. The normalized spacial score (nSPS) is 12.2. The Bertz CT molecular complexity index is 807. The van der Waals surface area contributed by atoms with Gasteiger partial charge in [0.1, 0.15) is 5.69 Å². The molecule has 1 aromatic carbocycles. The van der Waals surface area contributed by atoms with Gasteiger partial charge in [-0.05, 0) is 18.2 Å². The van der Waals surface area contributed by atoms with Crippen LogP contribution in [0.1, 0.15) is 5.56 Å². The van der Waals surface area contributed by atoms with Gasteiger partial charge >= 0.3 is 6.18 Å². The lowest BCUT2D eigenvalue weighted by Gasteiger charge is -2.08. The number of nitrogens with two attached hydrogens (primary N) is 1. The van der Waals surface area contributed by atoms with Crippen molar-refractivity contribution in [2.45, 2.75) is 6.18 Å². The van der Waals surface area contributed by atoms with Crippen molar-refractivity contribution in [1.29, 1.82) is 0 Å². The average Bonchev–Trinajstić information content (AvgIpc) is 2.89. The van der Waals surface area contributed by atoms with Crippen molar-refractivity contribution >= 4 is 16.6 Å². The second-order valence-corrected chi connectivity index (χ2v) is 4.93. The van der Waals surface area contributed by atoms with Gasteiger partial charge < -0.3 is 10.3 Å². The third-order valence-electron chi connectivity index (χ3n) is 3.58. The molecule has 110 valence electrons. The molecule has 3 rings (SSSR count). The predicted octanol–water partition coefficient (Wildman–Crippen LogP) is 3.18. The van der Waals surface area contributed by atoms with E-state index in [1.165, 1.54) is 12.3 Å². The number of halogens is 3. The van der Waals surface area contributed by atoms with Crippen molar-refractivity contribution in [2.75, 3.05) is 5.73 Å². The molecule has 7 heteroatoms. The van der Waals surface area contributed by atoms with Crippen molar-refractivity contribution in [3.05, 3.63) is 36.0 Å². The monoisotopic (exact) mass is 294 g/mol. The molecule has 21 heavy (non-hydrogen) atoms. The van der Waals surface area contributed by atoms with E-state index in [0.29, 0.717) is 16.9 Å². The van der Waals surface area contributed by atoms with Crippen LogP contribution in [0.2, 0.25) is 0 Å². The van der Waals surface area contributed by atoms with Crippen LogP contribution in [0.5, 0.6) is 0 Å². The van der Waals surface area contributed by atoms with Gasteiger partial charge in [-0.25, -0.2) is 0 Å². The van der Waals surface area contributed by atoms with Crippen LogP contribution in [0, 0.1) is 0 Å². The fourth-order valence-electron chi connectivity index (χ4n) is 2.50. The molecule has 0 fully saturated rings. The summed E-state index contributed by atoms with van der Waals surface area (Å²) in [5.74, 6) is 0. The summed E-state index contributed by atoms with van der Waals surface area (Å²) < 4.78 is 41.7. The Balaban J connectivity index is 2.26. The van der Waals surface area contributed by atoms with Crippen LogP contribution in [-0.2, 0) is 20.3 Å². The minimum atomic E-state index is -4.36. The topological polar surface area (TPSA) is 48.8 Å². The Labute approximate surface area is 118 Å². The van der Waals surface area contributed by atoms with Crippen molar-refractivity contribution in [3.63, 3.8) is 0 Å². The summed E-state index contributed by atoms with van der Waals surface area (Å²) >= 11 is 0. The third-order valence-corrected chi connectivity index (χ3v) is 3.58. The maximum absolute atomic E-state index is 12.8. The summed E-state index contributed by atoms with van der Waals surface area (Å²) in [7, 11) is 3.45. The number of nitrogens with zero attached hydrogens (tertiary/aromatic N) is 3. The van der Waals surface area contributed by atoms with Crippen molar-refractivity contribution in [3.8, 4) is 11.4 Å². The minimum absolute atomic E-state index is 0.486. The highest BCUT2D eigenvalue weighted by Crippen LogP contribution is 2.35. The molecule has 0 radical (unpaired) electrons. The molecule has 0 aliphatic heterocycles. The van der Waals surface area contributed by atoms with Crippen LogP contribution in [0.3, 0.4) is 0 Å². The lowest BCUT2D eigenvalue weighted by atomic mass is 10.1. The Morgan fingerprint density at radius 2 is 1.86 bits per heavy atom. The Hall–Kier alpha value is -2.44. The molecule has 0 saturated carbocycles. The van der Waals surface area contributed by atoms with Gasteiger partial charge in [0.2, 0.25) is 0 Å². The molecule has 0 bridgehead atoms. The number of aryl methyl sites for hydroxylation is 2. The highest BCUT2D eigenvalue weighted by molar-refractivity contribution is 5.89. The SMILES string of the molecule is Cn1ncc(N)c1-c1cc2ccc(C(F)(F)F)cc2n1C. The summed E-state index contributed by atoms with van der Waals surface area (Å²) in [6, 6.07) is 5.50. The number of benzene rings is 1. The maximum atomic E-state index is 12.8. The highest BCUT2D eigenvalue weighted by Gasteiger charge is 2.31. The second kappa shape index (κ2) is 4.28. The summed E-state index contributed by atoms with van der Waals surface area (Å²) in [5.41, 5.74) is 7.61. The second-order valence-electron chi connectivity index (χ2n) is 4.93. The fourth-order valence-corrected chi connectivity index (χ4v) is 2.50. The molecule has 0 spiro atoms. The highest BCUT2D eigenvalue weighted by atomic mass is 19.4. The van der Waals surface area contributed by atoms with Gasteiger partial charge in [-0.15, -0.1) is 0 Å². The van der Waals surface area contributed by atoms with E-state index in [9.17, 15) is 13.2 Å². The number of hydrogen-bond donors (Lipinski definition) is 1. The van der Waals surface area contributed by atoms with Gasteiger partial charge in [0.05, 0.1) is 23.1 Å². The standard InChI is InChI=1S/C14H13F3N4/c1-20-11-6-9(14(15,16)17)4-3-8(11)5-12(20)13-10(18)7-19-21(13)2/h3-7H,18H2,1-2H3. The van der Waals surface area contributed by atoms with Gasteiger partial charge in [0.15, 0.2) is 0 Å². The molecule has 0 atom stereocenters. The van der Waals surface area contributed by atoms with Crippen LogP contribution < -0.4 is 5.73 Å². The molecule has 0 amide bonds. The molecule has 3 aromatic rings. The zero-order valence-corrected chi connectivity index (χ0v) is 11.4. The largest absolute Gasteiger partial charge is 0.416 e. The van der Waals surface area contributed by atoms with Crippen molar-refractivity contribution in [1.82, 2.24) is 14.3 Å². The average molecular weight is 294 g/mol. The summed E-state index contributed by atoms with van der Waals surface area (Å²) in [4.78, 5) is 0. The first-order valence-corrected chi connectivity index (χ1v) is 6.23. The van der Waals surface area contributed by atoms with Gasteiger partial charge in [-0.3, -0.25) is 4.68 Å². The summed E-state index contributed by atoms with van der Waals surface area (Å²) in [6.45, 7) is 0. The number of fused-ring (bicyclic) bond motifs is 1. The third kappa shape index (κ3) is 2.05. The number of alkyl halides is 3. The van der Waals surface area contributed by atoms with E-state index in [1.54, 1.807) is 23.3 Å². The van der Waals surface area contributed by atoms with Gasteiger partial charge in [-0.2, -0.15) is 18.3 Å². The predicted molar refractivity (Wildman–Crippen MR) is 74.5 cm³/mol. The first-order chi connectivity index (χ1) is 9.79. The summed E-state index contributed by atoms with van der Waals surface area (Å²) in [5, 5.41) is 4.78. The molecule has 2 heterocycles. The zero-order valence-electron chi connectivity index (χ0n) is 11.4. The van der Waals surface area contributed by atoms with Gasteiger partial charge in [0.25, 0.3) is 0 Å². The number of rotatable bonds is 1. The number of nitrogen functional groups attached to an aromatic ring is 1. The van der Waals surface area contributed by atoms with Gasteiger partial charge in [-0.1, -0.05) is 6.07 Å². The zero-order chi connectivity index (χ0) is 15.4. The van der Waals surface area contributed by atoms with Crippen LogP contribution in [0.15, 0.2) is 30.5 Å². The molecular weight excluding hydrogens is 281 g/mol. The Morgan fingerprint density at radius 3 is 2.43 bits per heavy atom. The van der Waals surface area contributed by atoms with Crippen molar-refractivity contribution < 1.29 is 13.2 Å². The Kier molecular flexibility index (Phi) is 2.76. The van der Waals surface area contributed by atoms with E-state index in [1.807, 2.05) is 6.07 Å². The lowest BCUT2D eigenvalue weighted by Crippen LogP contribution is -2.05. The lowest BCUT2D eigenvalue weighted by molar-refractivity contribution is -0.137. The van der Waals surface area contributed by atoms with E-state index in [2.05, 4.69) is 5.10 Å². The molecule has 2 N–H and O–H groups in total. The smallest absolute Gasteiger partial charge is 0.396 e. The van der Waals surface area contributed by atoms with Crippen molar-refractivity contribution in [2.24, 2.45) is 14.1 Å². The van der Waals surface area contributed by atoms with E-state index in [0.717, 1.165) is 23.2 Å². The molecule has 0 unspecified atom stereocenters. The van der Waals surface area contributed by atoms with Gasteiger partial charge in [0, 0.05) is 25.0 Å². The molecule has 4 nitrogen and oxygen atoms in total. The van der Waals surface area contributed by atoms with E-state index < -0.39 is 11.7 Å². The van der Waals surface area contributed by atoms with Crippen LogP contribution in [0.4, 0.5) is 18.9 Å². The molecule has 0 aliphatic rings.